The normalized spacial score (nSPS) is 33.5. The number of rotatable bonds is 1. The standard InChI is InChI=1S/C11H15N3.ClH/c1-2-10-9(5-8(1)6-14-10)11-7-12-3-4-13-11;/h3-4,7-10,14H,1-2,5-6H2;1H. The number of fused-ring (bicyclic) bond motifs is 3. The van der Waals surface area contributed by atoms with Gasteiger partial charge in [0.05, 0.1) is 5.69 Å². The van der Waals surface area contributed by atoms with E-state index >= 15 is 0 Å². The van der Waals surface area contributed by atoms with Crippen LogP contribution < -0.4 is 5.32 Å². The van der Waals surface area contributed by atoms with Crippen LogP contribution in [-0.4, -0.2) is 22.6 Å². The Morgan fingerprint density at radius 2 is 2.20 bits per heavy atom. The Balaban J connectivity index is 0.000000853. The van der Waals surface area contributed by atoms with Gasteiger partial charge in [0.1, 0.15) is 0 Å². The molecule has 3 aliphatic rings. The van der Waals surface area contributed by atoms with E-state index in [2.05, 4.69) is 15.3 Å². The van der Waals surface area contributed by atoms with Gasteiger partial charge in [-0.3, -0.25) is 9.97 Å². The predicted octanol–water partition coefficient (Wildman–Crippen LogP) is 1.75. The lowest BCUT2D eigenvalue weighted by atomic mass is 9.73. The number of piperidine rings is 2. The van der Waals surface area contributed by atoms with Gasteiger partial charge in [-0.05, 0) is 31.7 Å². The van der Waals surface area contributed by atoms with E-state index in [0.29, 0.717) is 12.0 Å². The third-order valence-corrected chi connectivity index (χ3v) is 3.59. The summed E-state index contributed by atoms with van der Waals surface area (Å²) in [7, 11) is 0. The Hall–Kier alpha value is -0.670. The van der Waals surface area contributed by atoms with Gasteiger partial charge < -0.3 is 5.32 Å². The molecule has 3 heterocycles. The monoisotopic (exact) mass is 225 g/mol. The molecule has 0 radical (unpaired) electrons. The summed E-state index contributed by atoms with van der Waals surface area (Å²) in [6.45, 7) is 1.21. The van der Waals surface area contributed by atoms with Crippen molar-refractivity contribution in [2.45, 2.75) is 31.2 Å². The highest BCUT2D eigenvalue weighted by Gasteiger charge is 2.36. The number of hydrogen-bond donors (Lipinski definition) is 1. The molecule has 1 aromatic heterocycles. The largest absolute Gasteiger partial charge is 0.313 e. The molecule has 1 saturated carbocycles. The average molecular weight is 226 g/mol. The lowest BCUT2D eigenvalue weighted by Gasteiger charge is -2.42. The first-order valence-corrected chi connectivity index (χ1v) is 5.43. The summed E-state index contributed by atoms with van der Waals surface area (Å²) >= 11 is 0. The van der Waals surface area contributed by atoms with Crippen LogP contribution in [0.15, 0.2) is 18.6 Å². The fraction of sp³-hybridized carbons (Fsp3) is 0.636. The highest BCUT2D eigenvalue weighted by Crippen LogP contribution is 2.38. The second-order valence-electron chi connectivity index (χ2n) is 4.43. The van der Waals surface area contributed by atoms with E-state index in [-0.39, 0.29) is 12.4 Å². The molecule has 2 saturated heterocycles. The molecule has 3 atom stereocenters. The van der Waals surface area contributed by atoms with Gasteiger partial charge in [-0.15, -0.1) is 12.4 Å². The van der Waals surface area contributed by atoms with E-state index in [9.17, 15) is 0 Å². The van der Waals surface area contributed by atoms with Crippen LogP contribution in [0.4, 0.5) is 0 Å². The molecule has 2 bridgehead atoms. The molecule has 3 nitrogen and oxygen atoms in total. The van der Waals surface area contributed by atoms with Gasteiger partial charge in [0.2, 0.25) is 0 Å². The maximum Gasteiger partial charge on any atom is 0.0633 e. The molecule has 1 aromatic rings. The van der Waals surface area contributed by atoms with E-state index in [1.165, 1.54) is 31.5 Å². The maximum atomic E-state index is 4.42. The molecule has 2 aliphatic heterocycles. The van der Waals surface area contributed by atoms with Crippen molar-refractivity contribution in [3.63, 3.8) is 0 Å². The summed E-state index contributed by atoms with van der Waals surface area (Å²) in [5.41, 5.74) is 1.18. The lowest BCUT2D eigenvalue weighted by Crippen LogP contribution is -2.49. The van der Waals surface area contributed by atoms with Crippen LogP contribution in [0.2, 0.25) is 0 Å². The van der Waals surface area contributed by atoms with Crippen LogP contribution in [0.25, 0.3) is 0 Å². The molecule has 1 aliphatic carbocycles. The number of nitrogens with zero attached hydrogens (tertiary/aromatic N) is 2. The molecule has 3 unspecified atom stereocenters. The summed E-state index contributed by atoms with van der Waals surface area (Å²) in [6, 6.07) is 0.650. The van der Waals surface area contributed by atoms with Crippen molar-refractivity contribution in [2.75, 3.05) is 6.54 Å². The zero-order valence-corrected chi connectivity index (χ0v) is 9.41. The van der Waals surface area contributed by atoms with Crippen LogP contribution in [0.5, 0.6) is 0 Å². The molecule has 3 fully saturated rings. The Bertz CT molecular complexity index is 309. The summed E-state index contributed by atoms with van der Waals surface area (Å²) in [4.78, 5) is 8.57. The molecular weight excluding hydrogens is 210 g/mol. The first kappa shape index (κ1) is 10.8. The van der Waals surface area contributed by atoms with Gasteiger partial charge in [0, 0.05) is 30.6 Å². The van der Waals surface area contributed by atoms with Crippen LogP contribution in [0.1, 0.15) is 30.9 Å². The van der Waals surface area contributed by atoms with Crippen LogP contribution in [0, 0.1) is 5.92 Å². The number of nitrogens with one attached hydrogen (secondary N) is 1. The van der Waals surface area contributed by atoms with Gasteiger partial charge in [-0.2, -0.15) is 0 Å². The molecule has 4 heteroatoms. The molecular formula is C11H16ClN3. The topological polar surface area (TPSA) is 37.8 Å². The highest BCUT2D eigenvalue weighted by atomic mass is 35.5. The van der Waals surface area contributed by atoms with Crippen molar-refractivity contribution < 1.29 is 0 Å². The fourth-order valence-electron chi connectivity index (χ4n) is 2.83. The van der Waals surface area contributed by atoms with E-state index in [1.807, 2.05) is 6.20 Å². The Kier molecular flexibility index (Phi) is 3.22. The second-order valence-corrected chi connectivity index (χ2v) is 4.43. The molecule has 82 valence electrons. The molecule has 15 heavy (non-hydrogen) atoms. The third-order valence-electron chi connectivity index (χ3n) is 3.59. The van der Waals surface area contributed by atoms with Crippen molar-refractivity contribution in [3.05, 3.63) is 24.3 Å². The Morgan fingerprint density at radius 1 is 1.27 bits per heavy atom. The van der Waals surface area contributed by atoms with Crippen molar-refractivity contribution >= 4 is 12.4 Å². The molecule has 1 N–H and O–H groups in total. The molecule has 0 aromatic carbocycles. The van der Waals surface area contributed by atoms with E-state index in [0.717, 1.165) is 5.92 Å². The molecule has 0 spiro atoms. The summed E-state index contributed by atoms with van der Waals surface area (Å²) in [5, 5.41) is 3.60. The molecule has 4 rings (SSSR count). The van der Waals surface area contributed by atoms with Gasteiger partial charge in [0.15, 0.2) is 0 Å². The minimum atomic E-state index is 0. The van der Waals surface area contributed by atoms with Crippen molar-refractivity contribution in [3.8, 4) is 0 Å². The van der Waals surface area contributed by atoms with Crippen molar-refractivity contribution in [1.82, 2.24) is 15.3 Å². The lowest BCUT2D eigenvalue weighted by molar-refractivity contribution is 0.180. The summed E-state index contributed by atoms with van der Waals surface area (Å²) in [6.07, 6.45) is 9.49. The highest BCUT2D eigenvalue weighted by molar-refractivity contribution is 5.85. The van der Waals surface area contributed by atoms with Gasteiger partial charge >= 0.3 is 0 Å². The number of aromatic nitrogens is 2. The third kappa shape index (κ3) is 1.99. The van der Waals surface area contributed by atoms with E-state index in [4.69, 9.17) is 0 Å². The quantitative estimate of drug-likeness (QED) is 0.792. The van der Waals surface area contributed by atoms with Crippen molar-refractivity contribution in [1.29, 1.82) is 0 Å². The Labute approximate surface area is 96.1 Å². The van der Waals surface area contributed by atoms with Crippen molar-refractivity contribution in [2.24, 2.45) is 5.92 Å². The summed E-state index contributed by atoms with van der Waals surface area (Å²) < 4.78 is 0. The van der Waals surface area contributed by atoms with E-state index < -0.39 is 0 Å². The minimum absolute atomic E-state index is 0. The van der Waals surface area contributed by atoms with Gasteiger partial charge in [-0.1, -0.05) is 0 Å². The van der Waals surface area contributed by atoms with Crippen LogP contribution >= 0.6 is 12.4 Å². The average Bonchev–Trinajstić information content (AvgIpc) is 2.32. The van der Waals surface area contributed by atoms with Gasteiger partial charge in [0.25, 0.3) is 0 Å². The minimum Gasteiger partial charge on any atom is -0.313 e. The summed E-state index contributed by atoms with van der Waals surface area (Å²) in [5.74, 6) is 1.48. The zero-order valence-electron chi connectivity index (χ0n) is 8.60. The first-order chi connectivity index (χ1) is 6.93. The number of hydrogen-bond acceptors (Lipinski definition) is 3. The molecule has 0 amide bonds. The maximum absolute atomic E-state index is 4.42. The first-order valence-electron chi connectivity index (χ1n) is 5.43. The predicted molar refractivity (Wildman–Crippen MR) is 61.2 cm³/mol. The smallest absolute Gasteiger partial charge is 0.0633 e. The second kappa shape index (κ2) is 4.45. The SMILES string of the molecule is Cl.c1cnc(C2CC3CCC2NC3)cn1. The van der Waals surface area contributed by atoms with Crippen LogP contribution in [0.3, 0.4) is 0 Å². The van der Waals surface area contributed by atoms with Gasteiger partial charge in [-0.25, -0.2) is 0 Å². The fourth-order valence-corrected chi connectivity index (χ4v) is 2.83. The van der Waals surface area contributed by atoms with E-state index in [1.54, 1.807) is 12.4 Å². The Morgan fingerprint density at radius 3 is 2.73 bits per heavy atom. The van der Waals surface area contributed by atoms with Crippen LogP contribution in [-0.2, 0) is 0 Å². The zero-order chi connectivity index (χ0) is 9.38. The number of halogens is 1.